The standard InChI is InChI=1S/C12H20N2O5S/c1-20(18,19)14-6-2-5-13(7-8-14)11(15)9-3-4-10(9)12(16)17/h9-10H,2-8H2,1H3,(H,16,17). The molecule has 2 unspecified atom stereocenters. The molecule has 1 saturated heterocycles. The minimum atomic E-state index is -3.23. The molecule has 2 fully saturated rings. The summed E-state index contributed by atoms with van der Waals surface area (Å²) in [7, 11) is -3.23. The molecule has 1 aliphatic carbocycles. The van der Waals surface area contributed by atoms with E-state index >= 15 is 0 Å². The summed E-state index contributed by atoms with van der Waals surface area (Å²) >= 11 is 0. The summed E-state index contributed by atoms with van der Waals surface area (Å²) in [5.41, 5.74) is 0. The first kappa shape index (κ1) is 15.2. The summed E-state index contributed by atoms with van der Waals surface area (Å²) in [5, 5.41) is 9.00. The van der Waals surface area contributed by atoms with Crippen LogP contribution in [0.5, 0.6) is 0 Å². The second-order valence-corrected chi connectivity index (χ2v) is 7.45. The number of nitrogens with zero attached hydrogens (tertiary/aromatic N) is 2. The fourth-order valence-corrected chi connectivity index (χ4v) is 3.65. The van der Waals surface area contributed by atoms with Crippen LogP contribution in [0.15, 0.2) is 0 Å². The Labute approximate surface area is 118 Å². The maximum Gasteiger partial charge on any atom is 0.307 e. The van der Waals surface area contributed by atoms with E-state index in [1.165, 1.54) is 4.31 Å². The third kappa shape index (κ3) is 3.12. The van der Waals surface area contributed by atoms with Crippen LogP contribution in [0.3, 0.4) is 0 Å². The zero-order valence-electron chi connectivity index (χ0n) is 11.5. The van der Waals surface area contributed by atoms with Crippen LogP contribution in [0, 0.1) is 11.8 Å². The van der Waals surface area contributed by atoms with Gasteiger partial charge in [-0.3, -0.25) is 9.59 Å². The molecule has 2 rings (SSSR count). The van der Waals surface area contributed by atoms with Gasteiger partial charge in [0.2, 0.25) is 15.9 Å². The van der Waals surface area contributed by atoms with Crippen molar-refractivity contribution in [1.29, 1.82) is 0 Å². The molecule has 0 spiro atoms. The SMILES string of the molecule is CS(=O)(=O)N1CCCN(C(=O)C2CCC2C(=O)O)CC1. The molecule has 1 saturated carbocycles. The Morgan fingerprint density at radius 3 is 2.20 bits per heavy atom. The molecule has 7 nitrogen and oxygen atoms in total. The van der Waals surface area contributed by atoms with E-state index in [1.54, 1.807) is 4.90 Å². The second kappa shape index (κ2) is 5.69. The number of aliphatic carboxylic acids is 1. The zero-order valence-corrected chi connectivity index (χ0v) is 12.3. The lowest BCUT2D eigenvalue weighted by molar-refractivity contribution is -0.156. The number of amides is 1. The minimum Gasteiger partial charge on any atom is -0.481 e. The van der Waals surface area contributed by atoms with Crippen LogP contribution < -0.4 is 0 Å². The van der Waals surface area contributed by atoms with Gasteiger partial charge in [0.15, 0.2) is 0 Å². The first-order valence-corrected chi connectivity index (χ1v) is 8.62. The van der Waals surface area contributed by atoms with Crippen LogP contribution in [-0.2, 0) is 19.6 Å². The molecule has 114 valence electrons. The van der Waals surface area contributed by atoms with E-state index in [4.69, 9.17) is 5.11 Å². The molecule has 0 bridgehead atoms. The Hall–Kier alpha value is -1.15. The molecule has 1 amide bonds. The van der Waals surface area contributed by atoms with E-state index in [0.29, 0.717) is 38.9 Å². The average Bonchev–Trinajstić information content (AvgIpc) is 2.50. The maximum absolute atomic E-state index is 12.3. The highest BCUT2D eigenvalue weighted by Gasteiger charge is 2.43. The number of carbonyl (C=O) groups is 2. The highest BCUT2D eigenvalue weighted by atomic mass is 32.2. The third-order valence-corrected chi connectivity index (χ3v) is 5.45. The highest BCUT2D eigenvalue weighted by molar-refractivity contribution is 7.88. The van der Waals surface area contributed by atoms with Crippen molar-refractivity contribution in [2.75, 3.05) is 32.4 Å². The van der Waals surface area contributed by atoms with E-state index < -0.39 is 27.8 Å². The summed E-state index contributed by atoms with van der Waals surface area (Å²) in [6.45, 7) is 1.53. The number of hydrogen-bond acceptors (Lipinski definition) is 4. The third-order valence-electron chi connectivity index (χ3n) is 4.14. The molecule has 2 atom stereocenters. The van der Waals surface area contributed by atoms with Crippen LogP contribution >= 0.6 is 0 Å². The lowest BCUT2D eigenvalue weighted by Crippen LogP contribution is -2.47. The van der Waals surface area contributed by atoms with Crippen LogP contribution in [0.4, 0.5) is 0 Å². The average molecular weight is 304 g/mol. The van der Waals surface area contributed by atoms with Crippen LogP contribution in [0.1, 0.15) is 19.3 Å². The summed E-state index contributed by atoms with van der Waals surface area (Å²) < 4.78 is 24.4. The molecule has 1 aliphatic heterocycles. The zero-order chi connectivity index (χ0) is 14.9. The van der Waals surface area contributed by atoms with Crippen LogP contribution in [-0.4, -0.2) is 67.0 Å². The summed E-state index contributed by atoms with van der Waals surface area (Å²) in [6, 6.07) is 0. The van der Waals surface area contributed by atoms with Crippen LogP contribution in [0.2, 0.25) is 0 Å². The molecule has 0 aromatic carbocycles. The molecule has 8 heteroatoms. The summed E-state index contributed by atoms with van der Waals surface area (Å²) in [6.07, 6.45) is 2.91. The summed E-state index contributed by atoms with van der Waals surface area (Å²) in [4.78, 5) is 24.9. The smallest absolute Gasteiger partial charge is 0.307 e. The van der Waals surface area contributed by atoms with Crippen molar-refractivity contribution < 1.29 is 23.1 Å². The normalized spacial score (nSPS) is 28.6. The van der Waals surface area contributed by atoms with Gasteiger partial charge < -0.3 is 10.0 Å². The van der Waals surface area contributed by atoms with Gasteiger partial charge >= 0.3 is 5.97 Å². The second-order valence-electron chi connectivity index (χ2n) is 5.47. The topological polar surface area (TPSA) is 95.0 Å². The van der Waals surface area contributed by atoms with E-state index in [0.717, 1.165) is 6.26 Å². The first-order valence-electron chi connectivity index (χ1n) is 6.77. The Kier molecular flexibility index (Phi) is 4.33. The molecule has 20 heavy (non-hydrogen) atoms. The fraction of sp³-hybridized carbons (Fsp3) is 0.833. The largest absolute Gasteiger partial charge is 0.481 e. The van der Waals surface area contributed by atoms with Crippen molar-refractivity contribution in [3.8, 4) is 0 Å². The molecular formula is C12H20N2O5S. The van der Waals surface area contributed by atoms with Crippen LogP contribution in [0.25, 0.3) is 0 Å². The minimum absolute atomic E-state index is 0.140. The van der Waals surface area contributed by atoms with Crippen molar-refractivity contribution in [3.63, 3.8) is 0 Å². The van der Waals surface area contributed by atoms with Gasteiger partial charge in [0.05, 0.1) is 18.1 Å². The number of carboxylic acids is 1. The van der Waals surface area contributed by atoms with Crippen molar-refractivity contribution in [2.45, 2.75) is 19.3 Å². The molecule has 1 N–H and O–H groups in total. The molecule has 1 heterocycles. The van der Waals surface area contributed by atoms with Gasteiger partial charge in [-0.15, -0.1) is 0 Å². The Morgan fingerprint density at radius 1 is 1.05 bits per heavy atom. The predicted octanol–water partition coefficient (Wildman–Crippen LogP) is -0.409. The first-order chi connectivity index (χ1) is 9.30. The van der Waals surface area contributed by atoms with E-state index in [2.05, 4.69) is 0 Å². The van der Waals surface area contributed by atoms with Gasteiger partial charge in [0.1, 0.15) is 0 Å². The highest BCUT2D eigenvalue weighted by Crippen LogP contribution is 2.36. The van der Waals surface area contributed by atoms with Gasteiger partial charge in [-0.2, -0.15) is 0 Å². The Bertz CT molecular complexity index is 504. The van der Waals surface area contributed by atoms with Gasteiger partial charge in [-0.1, -0.05) is 0 Å². The van der Waals surface area contributed by atoms with Crippen molar-refractivity contribution >= 4 is 21.9 Å². The lowest BCUT2D eigenvalue weighted by Gasteiger charge is -2.36. The predicted molar refractivity (Wildman–Crippen MR) is 71.5 cm³/mol. The molecular weight excluding hydrogens is 284 g/mol. The Balaban J connectivity index is 1.97. The Morgan fingerprint density at radius 2 is 1.70 bits per heavy atom. The fourth-order valence-electron chi connectivity index (χ4n) is 2.77. The molecule has 0 aromatic rings. The lowest BCUT2D eigenvalue weighted by atomic mass is 9.73. The molecule has 0 radical (unpaired) electrons. The molecule has 0 aromatic heterocycles. The quantitative estimate of drug-likeness (QED) is 0.765. The van der Waals surface area contributed by atoms with Gasteiger partial charge in [0.25, 0.3) is 0 Å². The van der Waals surface area contributed by atoms with Crippen molar-refractivity contribution in [3.05, 3.63) is 0 Å². The van der Waals surface area contributed by atoms with E-state index in [9.17, 15) is 18.0 Å². The van der Waals surface area contributed by atoms with E-state index in [1.807, 2.05) is 0 Å². The number of rotatable bonds is 3. The van der Waals surface area contributed by atoms with Gasteiger partial charge in [-0.05, 0) is 19.3 Å². The number of carbonyl (C=O) groups excluding carboxylic acids is 1. The maximum atomic E-state index is 12.3. The van der Waals surface area contributed by atoms with Crippen molar-refractivity contribution in [2.24, 2.45) is 11.8 Å². The van der Waals surface area contributed by atoms with Crippen molar-refractivity contribution in [1.82, 2.24) is 9.21 Å². The van der Waals surface area contributed by atoms with Gasteiger partial charge in [-0.25, -0.2) is 12.7 Å². The monoisotopic (exact) mass is 304 g/mol. The number of sulfonamides is 1. The summed E-state index contributed by atoms with van der Waals surface area (Å²) in [5.74, 6) is -2.06. The molecule has 2 aliphatic rings. The van der Waals surface area contributed by atoms with Gasteiger partial charge in [0, 0.05) is 26.2 Å². The number of hydrogen-bond donors (Lipinski definition) is 1. The number of carboxylic acid groups (broad SMARTS) is 1. The van der Waals surface area contributed by atoms with E-state index in [-0.39, 0.29) is 12.5 Å².